The van der Waals surface area contributed by atoms with Crippen LogP contribution in [0.5, 0.6) is 11.5 Å². The maximum atomic E-state index is 6.35. The van der Waals surface area contributed by atoms with Crippen molar-refractivity contribution in [1.29, 1.82) is 0 Å². The third-order valence-electron chi connectivity index (χ3n) is 3.67. The smallest absolute Gasteiger partial charge is 0.161 e. The van der Waals surface area contributed by atoms with Crippen molar-refractivity contribution in [3.8, 4) is 11.5 Å². The second-order valence-electron chi connectivity index (χ2n) is 5.18. The Morgan fingerprint density at radius 3 is 2.71 bits per heavy atom. The number of nitrogens with two attached hydrogens (primary N) is 1. The van der Waals surface area contributed by atoms with E-state index in [1.54, 1.807) is 0 Å². The van der Waals surface area contributed by atoms with E-state index in [1.165, 1.54) is 0 Å². The zero-order chi connectivity index (χ0) is 15.0. The molecule has 0 saturated heterocycles. The molecule has 5 nitrogen and oxygen atoms in total. The molecule has 0 radical (unpaired) electrons. The molecule has 6 heteroatoms. The van der Waals surface area contributed by atoms with Gasteiger partial charge in [0.25, 0.3) is 0 Å². The monoisotopic (exact) mass is 351 g/mol. The summed E-state index contributed by atoms with van der Waals surface area (Å²) in [5.41, 5.74) is 9.45. The highest BCUT2D eigenvalue weighted by molar-refractivity contribution is 9.10. The maximum absolute atomic E-state index is 6.35. The Labute approximate surface area is 132 Å². The van der Waals surface area contributed by atoms with Crippen molar-refractivity contribution in [3.05, 3.63) is 39.6 Å². The fourth-order valence-electron chi connectivity index (χ4n) is 2.52. The lowest BCUT2D eigenvalue weighted by molar-refractivity contribution is 0.171. The Kier molecular flexibility index (Phi) is 3.91. The van der Waals surface area contributed by atoms with Gasteiger partial charge >= 0.3 is 0 Å². The summed E-state index contributed by atoms with van der Waals surface area (Å²) in [6.45, 7) is 3.15. The molecule has 1 unspecified atom stereocenters. The fraction of sp³-hybridized carbons (Fsp3) is 0.400. The van der Waals surface area contributed by atoms with Gasteiger partial charge in [-0.05, 0) is 40.5 Å². The van der Waals surface area contributed by atoms with Gasteiger partial charge in [0, 0.05) is 19.5 Å². The molecule has 0 aliphatic carbocycles. The summed E-state index contributed by atoms with van der Waals surface area (Å²) in [5, 5.41) is 4.40. The Balaban J connectivity index is 1.83. The van der Waals surface area contributed by atoms with E-state index in [1.807, 2.05) is 36.9 Å². The number of rotatable bonds is 3. The lowest BCUT2D eigenvalue weighted by Gasteiger charge is -2.20. The Morgan fingerprint density at radius 2 is 2.05 bits per heavy atom. The van der Waals surface area contributed by atoms with Gasteiger partial charge in [-0.3, -0.25) is 4.68 Å². The molecule has 3 rings (SSSR count). The SMILES string of the molecule is Cc1nn(C)c(CC(N)c2ccc3c(c2)OCCO3)c1Br. The van der Waals surface area contributed by atoms with E-state index >= 15 is 0 Å². The standard InChI is InChI=1S/C15H18BrN3O2/c1-9-15(16)12(19(2)18-9)8-11(17)10-3-4-13-14(7-10)21-6-5-20-13/h3-4,7,11H,5-6,8,17H2,1-2H3. The molecule has 0 saturated carbocycles. The highest BCUT2D eigenvalue weighted by atomic mass is 79.9. The van der Waals surface area contributed by atoms with Gasteiger partial charge in [0.2, 0.25) is 0 Å². The number of hydrogen-bond acceptors (Lipinski definition) is 4. The molecule has 2 N–H and O–H groups in total. The molecule has 2 aromatic rings. The summed E-state index contributed by atoms with van der Waals surface area (Å²) in [7, 11) is 1.93. The largest absolute Gasteiger partial charge is 0.486 e. The molecular formula is C15H18BrN3O2. The lowest BCUT2D eigenvalue weighted by atomic mass is 10.0. The summed E-state index contributed by atoms with van der Waals surface area (Å²) < 4.78 is 14.0. The van der Waals surface area contributed by atoms with Crippen molar-refractivity contribution in [2.24, 2.45) is 12.8 Å². The van der Waals surface area contributed by atoms with Crippen molar-refractivity contribution < 1.29 is 9.47 Å². The third kappa shape index (κ3) is 2.78. The highest BCUT2D eigenvalue weighted by Crippen LogP contribution is 2.33. The number of hydrogen-bond donors (Lipinski definition) is 1. The summed E-state index contributed by atoms with van der Waals surface area (Å²) in [6.07, 6.45) is 0.706. The number of benzene rings is 1. The lowest BCUT2D eigenvalue weighted by Crippen LogP contribution is -2.18. The van der Waals surface area contributed by atoms with Crippen molar-refractivity contribution in [2.75, 3.05) is 13.2 Å². The van der Waals surface area contributed by atoms with E-state index in [2.05, 4.69) is 21.0 Å². The highest BCUT2D eigenvalue weighted by Gasteiger charge is 2.18. The molecule has 21 heavy (non-hydrogen) atoms. The maximum Gasteiger partial charge on any atom is 0.161 e. The molecule has 0 amide bonds. The first kappa shape index (κ1) is 14.4. The molecule has 2 heterocycles. The zero-order valence-electron chi connectivity index (χ0n) is 12.1. The van der Waals surface area contributed by atoms with E-state index in [-0.39, 0.29) is 6.04 Å². The van der Waals surface area contributed by atoms with Crippen LogP contribution in [0.25, 0.3) is 0 Å². The third-order valence-corrected chi connectivity index (χ3v) is 4.70. The van der Waals surface area contributed by atoms with Crippen LogP contribution in [0.15, 0.2) is 22.7 Å². The van der Waals surface area contributed by atoms with Gasteiger partial charge in [-0.2, -0.15) is 5.10 Å². The molecule has 1 aliphatic heterocycles. The summed E-state index contributed by atoms with van der Waals surface area (Å²) in [6, 6.07) is 5.77. The molecule has 1 aliphatic rings. The molecule has 1 aromatic heterocycles. The first-order valence-electron chi connectivity index (χ1n) is 6.89. The Morgan fingerprint density at radius 1 is 1.33 bits per heavy atom. The average Bonchev–Trinajstić information content (AvgIpc) is 2.73. The quantitative estimate of drug-likeness (QED) is 0.922. The minimum Gasteiger partial charge on any atom is -0.486 e. The van der Waals surface area contributed by atoms with Crippen LogP contribution in [0.2, 0.25) is 0 Å². The summed E-state index contributed by atoms with van der Waals surface area (Å²) >= 11 is 3.58. The molecule has 1 aromatic carbocycles. The number of ether oxygens (including phenoxy) is 2. The minimum atomic E-state index is -0.119. The number of fused-ring (bicyclic) bond motifs is 1. The number of aromatic nitrogens is 2. The molecule has 112 valence electrons. The first-order valence-corrected chi connectivity index (χ1v) is 7.68. The molecule has 1 atom stereocenters. The Hall–Kier alpha value is -1.53. The van der Waals surface area contributed by atoms with Gasteiger partial charge in [-0.1, -0.05) is 6.07 Å². The van der Waals surface area contributed by atoms with Gasteiger partial charge in [-0.25, -0.2) is 0 Å². The van der Waals surface area contributed by atoms with Crippen molar-refractivity contribution in [2.45, 2.75) is 19.4 Å². The van der Waals surface area contributed by atoms with Crippen LogP contribution in [0.1, 0.15) is 23.0 Å². The average molecular weight is 352 g/mol. The predicted molar refractivity (Wildman–Crippen MR) is 83.7 cm³/mol. The number of halogens is 1. The van der Waals surface area contributed by atoms with Crippen LogP contribution < -0.4 is 15.2 Å². The van der Waals surface area contributed by atoms with Crippen molar-refractivity contribution in [1.82, 2.24) is 9.78 Å². The topological polar surface area (TPSA) is 62.3 Å². The van der Waals surface area contributed by atoms with Crippen LogP contribution in [0.4, 0.5) is 0 Å². The van der Waals surface area contributed by atoms with Crippen molar-refractivity contribution >= 4 is 15.9 Å². The summed E-state index contributed by atoms with van der Waals surface area (Å²) in [4.78, 5) is 0. The molecule has 0 fully saturated rings. The van der Waals surface area contributed by atoms with Crippen LogP contribution in [0.3, 0.4) is 0 Å². The summed E-state index contributed by atoms with van der Waals surface area (Å²) in [5.74, 6) is 1.56. The first-order chi connectivity index (χ1) is 10.1. The molecular weight excluding hydrogens is 334 g/mol. The van der Waals surface area contributed by atoms with E-state index in [9.17, 15) is 0 Å². The predicted octanol–water partition coefficient (Wildman–Crippen LogP) is 2.50. The van der Waals surface area contributed by atoms with Crippen LogP contribution >= 0.6 is 15.9 Å². The van der Waals surface area contributed by atoms with E-state index < -0.39 is 0 Å². The van der Waals surface area contributed by atoms with Gasteiger partial charge < -0.3 is 15.2 Å². The molecule has 0 spiro atoms. The van der Waals surface area contributed by atoms with Gasteiger partial charge in [0.05, 0.1) is 15.9 Å². The zero-order valence-corrected chi connectivity index (χ0v) is 13.7. The minimum absolute atomic E-state index is 0.119. The van der Waals surface area contributed by atoms with Crippen molar-refractivity contribution in [3.63, 3.8) is 0 Å². The number of aryl methyl sites for hydroxylation is 2. The van der Waals surface area contributed by atoms with Gasteiger partial charge in [0.1, 0.15) is 13.2 Å². The molecule has 0 bridgehead atoms. The van der Waals surface area contributed by atoms with Gasteiger partial charge in [0.15, 0.2) is 11.5 Å². The van der Waals surface area contributed by atoms with Crippen LogP contribution in [0, 0.1) is 6.92 Å². The normalized spacial score (nSPS) is 15.0. The second kappa shape index (κ2) is 5.69. The second-order valence-corrected chi connectivity index (χ2v) is 5.98. The van der Waals surface area contributed by atoms with Crippen LogP contribution in [-0.4, -0.2) is 23.0 Å². The van der Waals surface area contributed by atoms with Gasteiger partial charge in [-0.15, -0.1) is 0 Å². The van der Waals surface area contributed by atoms with E-state index in [0.717, 1.165) is 32.9 Å². The van der Waals surface area contributed by atoms with E-state index in [0.29, 0.717) is 19.6 Å². The number of nitrogens with zero attached hydrogens (tertiary/aromatic N) is 2. The van der Waals surface area contributed by atoms with Crippen LogP contribution in [-0.2, 0) is 13.5 Å². The van der Waals surface area contributed by atoms with E-state index in [4.69, 9.17) is 15.2 Å². The fourth-order valence-corrected chi connectivity index (χ4v) is 3.02. The Bertz CT molecular complexity index is 669.